The number of hydrogen-bond acceptors (Lipinski definition) is 4. The van der Waals surface area contributed by atoms with E-state index in [0.29, 0.717) is 26.3 Å². The number of anilines is 1. The van der Waals surface area contributed by atoms with Crippen LogP contribution in [0.3, 0.4) is 0 Å². The van der Waals surface area contributed by atoms with E-state index in [4.69, 9.17) is 34.8 Å². The lowest BCUT2D eigenvalue weighted by Crippen LogP contribution is -2.56. The van der Waals surface area contributed by atoms with E-state index >= 15 is 0 Å². The molecule has 0 spiro atoms. The van der Waals surface area contributed by atoms with E-state index in [1.807, 2.05) is 64.1 Å². The number of aryl methyl sites for hydroxylation is 1. The SMILES string of the molecule is Cc1cccc(N(CC(=O)N(Cc2ccc(Cl)cc2Cl)[C@@H](Cc2ccccc2)C(=O)NC(C)(C)C)S(=O)(=O)c2ccc(Cl)cc2)c1. The van der Waals surface area contributed by atoms with Crippen molar-refractivity contribution in [3.8, 4) is 0 Å². The molecule has 4 rings (SSSR count). The summed E-state index contributed by atoms with van der Waals surface area (Å²) in [5, 5.41) is 4.10. The minimum Gasteiger partial charge on any atom is -0.350 e. The van der Waals surface area contributed by atoms with Crippen molar-refractivity contribution in [1.29, 1.82) is 0 Å². The van der Waals surface area contributed by atoms with Crippen molar-refractivity contribution < 1.29 is 18.0 Å². The zero-order valence-electron chi connectivity index (χ0n) is 26.0. The predicted molar refractivity (Wildman–Crippen MR) is 186 cm³/mol. The van der Waals surface area contributed by atoms with E-state index in [9.17, 15) is 18.0 Å². The molecule has 0 bridgehead atoms. The Labute approximate surface area is 286 Å². The second-order valence-corrected chi connectivity index (χ2v) is 15.1. The molecule has 1 atom stereocenters. The molecule has 0 unspecified atom stereocenters. The molecule has 0 fully saturated rings. The number of amides is 2. The summed E-state index contributed by atoms with van der Waals surface area (Å²) in [6.45, 7) is 6.72. The Balaban J connectivity index is 1.84. The smallest absolute Gasteiger partial charge is 0.264 e. The van der Waals surface area contributed by atoms with E-state index < -0.39 is 40.0 Å². The molecule has 4 aromatic rings. The van der Waals surface area contributed by atoms with Gasteiger partial charge in [-0.05, 0) is 92.9 Å². The van der Waals surface area contributed by atoms with Crippen molar-refractivity contribution in [2.24, 2.45) is 0 Å². The summed E-state index contributed by atoms with van der Waals surface area (Å²) in [5.41, 5.74) is 1.86. The third kappa shape index (κ3) is 9.26. The number of nitrogens with one attached hydrogen (secondary N) is 1. The maximum atomic E-state index is 14.6. The molecule has 46 heavy (non-hydrogen) atoms. The van der Waals surface area contributed by atoms with Gasteiger partial charge in [0.1, 0.15) is 12.6 Å². The van der Waals surface area contributed by atoms with Crippen molar-refractivity contribution in [1.82, 2.24) is 10.2 Å². The van der Waals surface area contributed by atoms with Gasteiger partial charge in [-0.25, -0.2) is 8.42 Å². The Kier molecular flexibility index (Phi) is 11.4. The Hall–Kier alpha value is -3.56. The monoisotopic (exact) mass is 699 g/mol. The lowest BCUT2D eigenvalue weighted by molar-refractivity contribution is -0.140. The second kappa shape index (κ2) is 14.9. The summed E-state index contributed by atoms with van der Waals surface area (Å²) in [7, 11) is -4.25. The predicted octanol–water partition coefficient (Wildman–Crippen LogP) is 7.71. The maximum Gasteiger partial charge on any atom is 0.264 e. The number of halogens is 3. The van der Waals surface area contributed by atoms with Crippen LogP contribution in [0.25, 0.3) is 0 Å². The van der Waals surface area contributed by atoms with Crippen molar-refractivity contribution in [2.75, 3.05) is 10.8 Å². The number of hydrogen-bond donors (Lipinski definition) is 1. The molecule has 4 aromatic carbocycles. The Morgan fingerprint density at radius 1 is 0.826 bits per heavy atom. The van der Waals surface area contributed by atoms with E-state index in [1.54, 1.807) is 36.4 Å². The average Bonchev–Trinajstić information content (AvgIpc) is 2.98. The first-order chi connectivity index (χ1) is 21.6. The zero-order valence-corrected chi connectivity index (χ0v) is 29.1. The highest BCUT2D eigenvalue weighted by atomic mass is 35.5. The van der Waals surface area contributed by atoms with Gasteiger partial charge in [0.25, 0.3) is 10.0 Å². The fraction of sp³-hybridized carbons (Fsp3) is 0.257. The Morgan fingerprint density at radius 3 is 2.09 bits per heavy atom. The van der Waals surface area contributed by atoms with E-state index in [1.165, 1.54) is 29.2 Å². The second-order valence-electron chi connectivity index (χ2n) is 12.0. The molecule has 1 N–H and O–H groups in total. The number of sulfonamides is 1. The summed E-state index contributed by atoms with van der Waals surface area (Å²) >= 11 is 18.8. The average molecular weight is 701 g/mol. The normalized spacial score (nSPS) is 12.3. The molecule has 0 heterocycles. The quantitative estimate of drug-likeness (QED) is 0.174. The van der Waals surface area contributed by atoms with Crippen LogP contribution in [-0.4, -0.2) is 43.3 Å². The van der Waals surface area contributed by atoms with Crippen molar-refractivity contribution in [3.63, 3.8) is 0 Å². The molecule has 0 saturated carbocycles. The van der Waals surface area contributed by atoms with Crippen LogP contribution >= 0.6 is 34.8 Å². The van der Waals surface area contributed by atoms with Crippen molar-refractivity contribution in [2.45, 2.75) is 57.1 Å². The summed E-state index contributed by atoms with van der Waals surface area (Å²) < 4.78 is 29.3. The largest absolute Gasteiger partial charge is 0.350 e. The van der Waals surface area contributed by atoms with Crippen LogP contribution in [-0.2, 0) is 32.6 Å². The summed E-state index contributed by atoms with van der Waals surface area (Å²) in [6, 6.07) is 25.8. The molecule has 0 radical (unpaired) electrons. The fourth-order valence-corrected chi connectivity index (χ4v) is 6.89. The van der Waals surface area contributed by atoms with Crippen LogP contribution in [0.1, 0.15) is 37.5 Å². The first-order valence-corrected chi connectivity index (χ1v) is 17.2. The molecule has 0 aliphatic heterocycles. The van der Waals surface area contributed by atoms with Gasteiger partial charge in [-0.2, -0.15) is 0 Å². The lowest BCUT2D eigenvalue weighted by atomic mass is 10.0. The van der Waals surface area contributed by atoms with Gasteiger partial charge in [0.2, 0.25) is 11.8 Å². The maximum absolute atomic E-state index is 14.6. The van der Waals surface area contributed by atoms with Crippen molar-refractivity contribution >= 4 is 62.3 Å². The van der Waals surface area contributed by atoms with Crippen LogP contribution in [0.15, 0.2) is 102 Å². The van der Waals surface area contributed by atoms with Crippen LogP contribution in [0.5, 0.6) is 0 Å². The number of nitrogens with zero attached hydrogens (tertiary/aromatic N) is 2. The van der Waals surface area contributed by atoms with Gasteiger partial charge in [-0.15, -0.1) is 0 Å². The summed E-state index contributed by atoms with van der Waals surface area (Å²) in [5.74, 6) is -0.993. The molecule has 7 nitrogen and oxygen atoms in total. The van der Waals surface area contributed by atoms with Crippen molar-refractivity contribution in [3.05, 3.63) is 129 Å². The zero-order chi connectivity index (χ0) is 33.6. The van der Waals surface area contributed by atoms with Gasteiger partial charge in [-0.1, -0.05) is 83.3 Å². The number of carbonyl (C=O) groups excluding carboxylic acids is 2. The highest BCUT2D eigenvalue weighted by molar-refractivity contribution is 7.92. The van der Waals surface area contributed by atoms with Gasteiger partial charge < -0.3 is 10.2 Å². The first-order valence-electron chi connectivity index (χ1n) is 14.6. The number of benzene rings is 4. The minimum absolute atomic E-state index is 0.0372. The minimum atomic E-state index is -4.25. The third-order valence-electron chi connectivity index (χ3n) is 7.10. The highest BCUT2D eigenvalue weighted by Crippen LogP contribution is 2.28. The van der Waals surface area contributed by atoms with Crippen LogP contribution in [0, 0.1) is 6.92 Å². The number of rotatable bonds is 11. The summed E-state index contributed by atoms with van der Waals surface area (Å²) in [4.78, 5) is 29.9. The van der Waals surface area contributed by atoms with Gasteiger partial charge in [0.15, 0.2) is 0 Å². The number of carbonyl (C=O) groups is 2. The van der Waals surface area contributed by atoms with Crippen LogP contribution in [0.4, 0.5) is 5.69 Å². The van der Waals surface area contributed by atoms with Gasteiger partial charge in [0, 0.05) is 33.6 Å². The molecule has 0 aliphatic rings. The first kappa shape index (κ1) is 35.3. The molecule has 0 aliphatic carbocycles. The Morgan fingerprint density at radius 2 is 1.48 bits per heavy atom. The van der Waals surface area contributed by atoms with Crippen LogP contribution in [0.2, 0.25) is 15.1 Å². The molecule has 0 saturated heterocycles. The molecular formula is C35H36Cl3N3O4S. The highest BCUT2D eigenvalue weighted by Gasteiger charge is 2.36. The van der Waals surface area contributed by atoms with E-state index in [-0.39, 0.29) is 17.9 Å². The molecule has 2 amide bonds. The Bertz CT molecular complexity index is 1790. The lowest BCUT2D eigenvalue weighted by Gasteiger charge is -2.35. The molecular weight excluding hydrogens is 665 g/mol. The van der Waals surface area contributed by atoms with Gasteiger partial charge >= 0.3 is 0 Å². The molecule has 0 aromatic heterocycles. The van der Waals surface area contributed by atoms with Gasteiger partial charge in [-0.3, -0.25) is 13.9 Å². The van der Waals surface area contributed by atoms with E-state index in [2.05, 4.69) is 5.32 Å². The third-order valence-corrected chi connectivity index (χ3v) is 9.72. The standard InChI is InChI=1S/C35H36Cl3N3O4S/c1-24-9-8-12-29(19-24)41(46(44,45)30-17-15-27(36)16-18-30)23-33(42)40(22-26-13-14-28(37)21-31(26)38)32(34(43)39-35(2,3)4)20-25-10-6-5-7-11-25/h5-19,21,32H,20,22-23H2,1-4H3,(H,39,43)/t32-/m0/s1. The van der Waals surface area contributed by atoms with E-state index in [0.717, 1.165) is 15.4 Å². The summed E-state index contributed by atoms with van der Waals surface area (Å²) in [6.07, 6.45) is 0.175. The molecule has 242 valence electrons. The molecule has 11 heteroatoms. The van der Waals surface area contributed by atoms with Crippen LogP contribution < -0.4 is 9.62 Å². The topological polar surface area (TPSA) is 86.8 Å². The van der Waals surface area contributed by atoms with Gasteiger partial charge in [0.05, 0.1) is 10.6 Å². The fourth-order valence-electron chi connectivity index (χ4n) is 4.89.